The van der Waals surface area contributed by atoms with Crippen LogP contribution in [0.4, 0.5) is 0 Å². The van der Waals surface area contributed by atoms with Crippen molar-refractivity contribution in [1.29, 1.82) is 0 Å². The van der Waals surface area contributed by atoms with E-state index in [0.29, 0.717) is 0 Å². The molecule has 0 aliphatic heterocycles. The minimum Gasteiger partial charge on any atom is -0.358 e. The second kappa shape index (κ2) is 46.3. The first-order valence-corrected chi connectivity index (χ1v) is 1.32. The zero-order valence-electron chi connectivity index (χ0n) is 5.02. The van der Waals surface area contributed by atoms with Crippen molar-refractivity contribution in [1.82, 2.24) is 0 Å². The SMILES string of the molecule is C.[B].[CH2-]/C=C\C.[CH3-].[Y]. The molecule has 0 aromatic heterocycles. The summed E-state index contributed by atoms with van der Waals surface area (Å²) >= 11 is 0. The van der Waals surface area contributed by atoms with Crippen molar-refractivity contribution in [3.63, 3.8) is 0 Å². The number of rotatable bonds is 0. The minimum absolute atomic E-state index is 0. The fourth-order valence-corrected chi connectivity index (χ4v) is 0. The van der Waals surface area contributed by atoms with Gasteiger partial charge in [-0.15, -0.1) is 6.92 Å². The van der Waals surface area contributed by atoms with Gasteiger partial charge in [0.15, 0.2) is 0 Å². The first-order valence-electron chi connectivity index (χ1n) is 1.32. The minimum atomic E-state index is 0. The Morgan fingerprint density at radius 3 is 1.50 bits per heavy atom. The average molecular weight is 186 g/mol. The maximum atomic E-state index is 3.42. The quantitative estimate of drug-likeness (QED) is 0.401. The van der Waals surface area contributed by atoms with E-state index in [-0.39, 0.29) is 56.0 Å². The normalized spacial score (nSPS) is 4.62. The molecule has 2 heteroatoms. The van der Waals surface area contributed by atoms with E-state index in [1.54, 1.807) is 6.08 Å². The third-order valence-corrected chi connectivity index (χ3v) is 0.236. The average Bonchev–Trinajstić information content (AvgIpc) is 1.37. The maximum Gasteiger partial charge on any atom is 0 e. The molecule has 0 nitrogen and oxygen atoms in total. The third kappa shape index (κ3) is 71.5. The fraction of sp³-hybridized carbons (Fsp3) is 0.333. The molecule has 0 unspecified atom stereocenters. The predicted molar refractivity (Wildman–Crippen MR) is 39.1 cm³/mol. The van der Waals surface area contributed by atoms with Crippen LogP contribution in [0.2, 0.25) is 0 Å². The number of hydrogen-bond donors (Lipinski definition) is 0. The van der Waals surface area contributed by atoms with Gasteiger partial charge in [-0.25, -0.2) is 19.1 Å². The van der Waals surface area contributed by atoms with Crippen LogP contribution in [0.15, 0.2) is 12.2 Å². The van der Waals surface area contributed by atoms with E-state index in [1.165, 1.54) is 0 Å². The summed E-state index contributed by atoms with van der Waals surface area (Å²) in [7, 11) is 0. The molecular formula is C6H14BY-2. The van der Waals surface area contributed by atoms with Crippen LogP contribution in [0.5, 0.6) is 0 Å². The third-order valence-electron chi connectivity index (χ3n) is 0.236. The van der Waals surface area contributed by atoms with Gasteiger partial charge in [0.1, 0.15) is 0 Å². The molecule has 0 aromatic carbocycles. The van der Waals surface area contributed by atoms with Crippen LogP contribution in [0.1, 0.15) is 14.4 Å². The number of hydrogen-bond acceptors (Lipinski definition) is 0. The van der Waals surface area contributed by atoms with E-state index in [1.807, 2.05) is 13.0 Å². The van der Waals surface area contributed by atoms with Crippen molar-refractivity contribution in [2.75, 3.05) is 0 Å². The Kier molecular flexibility index (Phi) is 215. The van der Waals surface area contributed by atoms with Gasteiger partial charge in [0.25, 0.3) is 0 Å². The Morgan fingerprint density at radius 1 is 1.38 bits per heavy atom. The Bertz CT molecular complexity index is 23.7. The van der Waals surface area contributed by atoms with Crippen LogP contribution in [0.25, 0.3) is 0 Å². The van der Waals surface area contributed by atoms with E-state index < -0.39 is 0 Å². The van der Waals surface area contributed by atoms with Gasteiger partial charge in [-0.2, -0.15) is 0 Å². The Labute approximate surface area is 81.6 Å². The first-order chi connectivity index (χ1) is 1.91. The van der Waals surface area contributed by atoms with Gasteiger partial charge in [0, 0.05) is 41.1 Å². The Morgan fingerprint density at radius 2 is 1.50 bits per heavy atom. The van der Waals surface area contributed by atoms with Crippen molar-refractivity contribution in [2.24, 2.45) is 0 Å². The summed E-state index contributed by atoms with van der Waals surface area (Å²) in [5.74, 6) is 0. The molecule has 0 spiro atoms. The van der Waals surface area contributed by atoms with Crippen molar-refractivity contribution in [3.8, 4) is 0 Å². The number of allylic oxidation sites excluding steroid dienone is 2. The second-order valence-electron chi connectivity index (χ2n) is 0.569. The fourth-order valence-electron chi connectivity index (χ4n) is 0. The molecule has 4 radical (unpaired) electrons. The van der Waals surface area contributed by atoms with Crippen LogP contribution in [0.3, 0.4) is 0 Å². The van der Waals surface area contributed by atoms with Crippen molar-refractivity contribution < 1.29 is 32.7 Å². The Hall–Kier alpha value is 0.779. The van der Waals surface area contributed by atoms with Gasteiger partial charge in [-0.1, -0.05) is 7.43 Å². The van der Waals surface area contributed by atoms with E-state index in [4.69, 9.17) is 0 Å². The van der Waals surface area contributed by atoms with Crippen molar-refractivity contribution in [2.45, 2.75) is 14.4 Å². The van der Waals surface area contributed by atoms with E-state index >= 15 is 0 Å². The molecule has 0 bridgehead atoms. The van der Waals surface area contributed by atoms with Crippen LogP contribution >= 0.6 is 0 Å². The summed E-state index contributed by atoms with van der Waals surface area (Å²) in [5, 5.41) is 0. The first kappa shape index (κ1) is 37.2. The van der Waals surface area contributed by atoms with E-state index in [2.05, 4.69) is 6.92 Å². The van der Waals surface area contributed by atoms with Crippen molar-refractivity contribution in [3.05, 3.63) is 26.5 Å². The standard InChI is InChI=1S/C4H7.CH4.CH3.B.Y/c1-3-4-2;;;;/h3-4H,1H2,2H3;1H4;1H3;;/q-1;;-1;;/b4-3-;;;;. The molecular weight excluding hydrogens is 172 g/mol. The van der Waals surface area contributed by atoms with Gasteiger partial charge in [0.05, 0.1) is 0 Å². The van der Waals surface area contributed by atoms with Crippen LogP contribution in [-0.4, -0.2) is 8.41 Å². The molecule has 46 valence electrons. The molecule has 0 aromatic rings. The summed E-state index contributed by atoms with van der Waals surface area (Å²) in [4.78, 5) is 0. The molecule has 0 atom stereocenters. The molecule has 0 saturated heterocycles. The summed E-state index contributed by atoms with van der Waals surface area (Å²) in [5.41, 5.74) is 0. The second-order valence-corrected chi connectivity index (χ2v) is 0.569. The largest absolute Gasteiger partial charge is 0.358 e. The van der Waals surface area contributed by atoms with E-state index in [0.717, 1.165) is 0 Å². The van der Waals surface area contributed by atoms with Gasteiger partial charge < -0.3 is 7.43 Å². The molecule has 0 fully saturated rings. The monoisotopic (exact) mass is 186 g/mol. The molecule has 0 N–H and O–H groups in total. The summed E-state index contributed by atoms with van der Waals surface area (Å²) in [6.07, 6.45) is 3.64. The molecule has 0 amide bonds. The predicted octanol–water partition coefficient (Wildman–Crippen LogP) is 2.10. The van der Waals surface area contributed by atoms with Crippen LogP contribution in [-0.2, 0) is 32.7 Å². The smallest absolute Gasteiger partial charge is 0 e. The van der Waals surface area contributed by atoms with Gasteiger partial charge >= 0.3 is 0 Å². The van der Waals surface area contributed by atoms with Crippen LogP contribution in [0, 0.1) is 14.4 Å². The molecule has 0 saturated carbocycles. The van der Waals surface area contributed by atoms with Gasteiger partial charge in [-0.3, -0.25) is 0 Å². The summed E-state index contributed by atoms with van der Waals surface area (Å²) in [6, 6.07) is 0. The van der Waals surface area contributed by atoms with Crippen molar-refractivity contribution >= 4 is 8.41 Å². The molecule has 0 heterocycles. The summed E-state index contributed by atoms with van der Waals surface area (Å²) in [6.45, 7) is 5.36. The molecule has 0 rings (SSSR count). The zero-order valence-corrected chi connectivity index (χ0v) is 7.85. The molecule has 0 aliphatic carbocycles. The molecule has 0 aliphatic rings. The maximum absolute atomic E-state index is 3.42. The van der Waals surface area contributed by atoms with Gasteiger partial charge in [-0.05, 0) is 0 Å². The Balaban J connectivity index is -0.00000000750. The summed E-state index contributed by atoms with van der Waals surface area (Å²) < 4.78 is 0. The van der Waals surface area contributed by atoms with Gasteiger partial charge in [0.2, 0.25) is 0 Å². The zero-order chi connectivity index (χ0) is 3.41. The van der Waals surface area contributed by atoms with E-state index in [9.17, 15) is 0 Å². The topological polar surface area (TPSA) is 0 Å². The molecule has 8 heavy (non-hydrogen) atoms. The van der Waals surface area contributed by atoms with Crippen LogP contribution < -0.4 is 0 Å².